The van der Waals surface area contributed by atoms with Crippen LogP contribution in [-0.4, -0.2) is 27.2 Å². The van der Waals surface area contributed by atoms with Gasteiger partial charge < -0.3 is 5.32 Å². The van der Waals surface area contributed by atoms with Crippen molar-refractivity contribution in [3.63, 3.8) is 0 Å². The number of rotatable bonds is 8. The molecule has 6 nitrogen and oxygen atoms in total. The third kappa shape index (κ3) is 4.85. The van der Waals surface area contributed by atoms with Crippen LogP contribution in [0.3, 0.4) is 0 Å². The minimum absolute atomic E-state index is 0.0352. The highest BCUT2D eigenvalue weighted by atomic mass is 32.2. The van der Waals surface area contributed by atoms with Crippen LogP contribution in [0.15, 0.2) is 47.4 Å². The van der Waals surface area contributed by atoms with Gasteiger partial charge in [-0.2, -0.15) is 0 Å². The molecule has 0 bridgehead atoms. The number of carbonyl (C=O) groups is 2. The van der Waals surface area contributed by atoms with Crippen molar-refractivity contribution in [1.29, 1.82) is 0 Å². The van der Waals surface area contributed by atoms with E-state index in [2.05, 4.69) is 10.0 Å². The van der Waals surface area contributed by atoms with Crippen LogP contribution in [0.1, 0.15) is 46.3 Å². The Morgan fingerprint density at radius 3 is 2.57 bits per heavy atom. The Labute approximate surface area is 165 Å². The van der Waals surface area contributed by atoms with Gasteiger partial charge in [-0.3, -0.25) is 9.59 Å². The maximum absolute atomic E-state index is 12.4. The number of sulfonamides is 1. The topological polar surface area (TPSA) is 92.3 Å². The molecule has 0 saturated heterocycles. The number of benzene rings is 2. The maximum atomic E-state index is 12.4. The Balaban J connectivity index is 1.51. The van der Waals surface area contributed by atoms with Gasteiger partial charge in [0.1, 0.15) is 0 Å². The molecule has 0 fully saturated rings. The lowest BCUT2D eigenvalue weighted by Gasteiger charge is -2.08. The molecule has 0 heterocycles. The van der Waals surface area contributed by atoms with E-state index in [1.807, 2.05) is 18.2 Å². The lowest BCUT2D eigenvalue weighted by Crippen LogP contribution is -2.24. The first-order valence-corrected chi connectivity index (χ1v) is 10.8. The molecule has 0 aromatic heterocycles. The van der Waals surface area contributed by atoms with Crippen LogP contribution in [0.25, 0.3) is 0 Å². The minimum Gasteiger partial charge on any atom is -0.352 e. The van der Waals surface area contributed by atoms with Crippen molar-refractivity contribution in [2.45, 2.75) is 43.5 Å². The number of amides is 1. The number of Topliss-reactive ketones (excluding diaryl/α,β-unsaturated/α-hetero) is 1. The van der Waals surface area contributed by atoms with E-state index in [4.69, 9.17) is 0 Å². The second-order valence-electron chi connectivity index (χ2n) is 6.89. The van der Waals surface area contributed by atoms with Gasteiger partial charge in [0.15, 0.2) is 5.78 Å². The van der Waals surface area contributed by atoms with E-state index in [0.717, 1.165) is 19.3 Å². The predicted molar refractivity (Wildman–Crippen MR) is 107 cm³/mol. The summed E-state index contributed by atoms with van der Waals surface area (Å²) >= 11 is 0. The van der Waals surface area contributed by atoms with Gasteiger partial charge in [-0.1, -0.05) is 24.3 Å². The van der Waals surface area contributed by atoms with Crippen molar-refractivity contribution >= 4 is 21.7 Å². The summed E-state index contributed by atoms with van der Waals surface area (Å²) in [5.41, 5.74) is 3.90. The highest BCUT2D eigenvalue weighted by molar-refractivity contribution is 7.89. The third-order valence-electron chi connectivity index (χ3n) is 4.97. The summed E-state index contributed by atoms with van der Waals surface area (Å²) in [6.07, 6.45) is 3.47. The van der Waals surface area contributed by atoms with Gasteiger partial charge >= 0.3 is 0 Å². The molecule has 28 heavy (non-hydrogen) atoms. The quantitative estimate of drug-likeness (QED) is 0.666. The summed E-state index contributed by atoms with van der Waals surface area (Å²) in [5, 5.41) is 2.74. The second-order valence-corrected chi connectivity index (χ2v) is 8.78. The molecule has 3 rings (SSSR count). The fourth-order valence-corrected chi connectivity index (χ4v) is 4.15. The summed E-state index contributed by atoms with van der Waals surface area (Å²) in [6, 6.07) is 12.2. The zero-order chi connectivity index (χ0) is 20.1. The van der Waals surface area contributed by atoms with Crippen LogP contribution in [-0.2, 0) is 34.2 Å². The smallest absolute Gasteiger partial charge is 0.240 e. The summed E-state index contributed by atoms with van der Waals surface area (Å²) < 4.78 is 25.9. The first-order valence-electron chi connectivity index (χ1n) is 9.33. The van der Waals surface area contributed by atoms with E-state index in [1.54, 1.807) is 12.1 Å². The summed E-state index contributed by atoms with van der Waals surface area (Å²) in [5.74, 6) is -0.275. The van der Waals surface area contributed by atoms with E-state index >= 15 is 0 Å². The molecule has 1 amide bonds. The van der Waals surface area contributed by atoms with E-state index in [-0.39, 0.29) is 36.0 Å². The molecule has 0 saturated carbocycles. The fraction of sp³-hybridized carbons (Fsp3) is 0.333. The summed E-state index contributed by atoms with van der Waals surface area (Å²) in [6.45, 7) is 0.207. The number of carbonyl (C=O) groups excluding carboxylic acids is 2. The zero-order valence-corrected chi connectivity index (χ0v) is 16.6. The number of fused-ring (bicyclic) bond motifs is 1. The number of aryl methyl sites for hydroxylation is 2. The Kier molecular flexibility index (Phi) is 6.26. The molecule has 2 aromatic rings. The fourth-order valence-electron chi connectivity index (χ4n) is 3.35. The van der Waals surface area contributed by atoms with Gasteiger partial charge in [0.25, 0.3) is 0 Å². The molecular formula is C21H24N2O4S. The van der Waals surface area contributed by atoms with E-state index in [1.165, 1.54) is 30.3 Å². The van der Waals surface area contributed by atoms with Gasteiger partial charge in [0.2, 0.25) is 15.9 Å². The van der Waals surface area contributed by atoms with Crippen molar-refractivity contribution in [3.05, 3.63) is 64.7 Å². The third-order valence-corrected chi connectivity index (χ3v) is 6.38. The van der Waals surface area contributed by atoms with Crippen LogP contribution < -0.4 is 10.0 Å². The Morgan fingerprint density at radius 1 is 1.00 bits per heavy atom. The molecule has 0 atom stereocenters. The normalized spacial score (nSPS) is 13.2. The lowest BCUT2D eigenvalue weighted by atomic mass is 10.0. The molecule has 0 aliphatic heterocycles. The standard InChI is InChI=1S/C21H24N2O4S/c1-22-28(26,27)19-7-2-4-15(12-19)14-23-21(25)11-10-20(24)18-9-8-16-5-3-6-17(16)13-18/h2,4,7-9,12-13,22H,3,5-6,10-11,14H2,1H3,(H,23,25). The SMILES string of the molecule is CNS(=O)(=O)c1cccc(CNC(=O)CCC(=O)c2ccc3c(c2)CCC3)c1. The molecular weight excluding hydrogens is 376 g/mol. The summed E-state index contributed by atoms with van der Waals surface area (Å²) in [7, 11) is -2.17. The molecule has 0 radical (unpaired) electrons. The van der Waals surface area contributed by atoms with Crippen LogP contribution in [0, 0.1) is 0 Å². The maximum Gasteiger partial charge on any atom is 0.240 e. The first kappa shape index (κ1) is 20.2. The second kappa shape index (κ2) is 8.67. The van der Waals surface area contributed by atoms with Gasteiger partial charge in [-0.05, 0) is 61.2 Å². The largest absolute Gasteiger partial charge is 0.352 e. The molecule has 2 N–H and O–H groups in total. The van der Waals surface area contributed by atoms with Gasteiger partial charge in [-0.15, -0.1) is 0 Å². The molecule has 1 aliphatic carbocycles. The Hall–Kier alpha value is -2.51. The Bertz CT molecular complexity index is 999. The average Bonchev–Trinajstić information content (AvgIpc) is 3.18. The molecule has 0 spiro atoms. The van der Waals surface area contributed by atoms with E-state index in [9.17, 15) is 18.0 Å². The number of ketones is 1. The van der Waals surface area contributed by atoms with Crippen molar-refractivity contribution < 1.29 is 18.0 Å². The average molecular weight is 401 g/mol. The molecule has 1 aliphatic rings. The summed E-state index contributed by atoms with van der Waals surface area (Å²) in [4.78, 5) is 24.6. The number of hydrogen-bond donors (Lipinski definition) is 2. The van der Waals surface area contributed by atoms with Crippen molar-refractivity contribution in [2.24, 2.45) is 0 Å². The van der Waals surface area contributed by atoms with Gasteiger partial charge in [-0.25, -0.2) is 13.1 Å². The predicted octanol–water partition coefficient (Wildman–Crippen LogP) is 2.36. The van der Waals surface area contributed by atoms with Crippen LogP contribution >= 0.6 is 0 Å². The Morgan fingerprint density at radius 2 is 1.79 bits per heavy atom. The van der Waals surface area contributed by atoms with E-state index < -0.39 is 10.0 Å². The first-order chi connectivity index (χ1) is 13.4. The molecule has 0 unspecified atom stereocenters. The zero-order valence-electron chi connectivity index (χ0n) is 15.8. The van der Waals surface area contributed by atoms with E-state index in [0.29, 0.717) is 11.1 Å². The van der Waals surface area contributed by atoms with Crippen LogP contribution in [0.5, 0.6) is 0 Å². The molecule has 148 valence electrons. The van der Waals surface area contributed by atoms with Crippen molar-refractivity contribution in [2.75, 3.05) is 7.05 Å². The van der Waals surface area contributed by atoms with Crippen LogP contribution in [0.2, 0.25) is 0 Å². The number of nitrogens with one attached hydrogen (secondary N) is 2. The molecule has 7 heteroatoms. The molecule has 2 aromatic carbocycles. The minimum atomic E-state index is -3.52. The monoisotopic (exact) mass is 400 g/mol. The highest BCUT2D eigenvalue weighted by Crippen LogP contribution is 2.23. The number of hydrogen-bond acceptors (Lipinski definition) is 4. The van der Waals surface area contributed by atoms with Gasteiger partial charge in [0, 0.05) is 24.9 Å². The van der Waals surface area contributed by atoms with Crippen molar-refractivity contribution in [1.82, 2.24) is 10.0 Å². The van der Waals surface area contributed by atoms with Crippen molar-refractivity contribution in [3.8, 4) is 0 Å². The highest BCUT2D eigenvalue weighted by Gasteiger charge is 2.15. The van der Waals surface area contributed by atoms with Crippen LogP contribution in [0.4, 0.5) is 0 Å². The lowest BCUT2D eigenvalue weighted by molar-refractivity contribution is -0.121. The van der Waals surface area contributed by atoms with Gasteiger partial charge in [0.05, 0.1) is 4.90 Å².